The normalized spacial score (nSPS) is 16.0. The van der Waals surface area contributed by atoms with Crippen LogP contribution in [0, 0.1) is 11.8 Å². The highest BCUT2D eigenvalue weighted by Gasteiger charge is 2.25. The number of rotatable bonds is 5. The molecule has 1 aliphatic heterocycles. The predicted molar refractivity (Wildman–Crippen MR) is 110 cm³/mol. The molecule has 0 bridgehead atoms. The van der Waals surface area contributed by atoms with Crippen molar-refractivity contribution in [2.75, 3.05) is 25.0 Å². The molecule has 0 aliphatic carbocycles. The van der Waals surface area contributed by atoms with Gasteiger partial charge in [0.25, 0.3) is 0 Å². The molecule has 146 valence electrons. The van der Waals surface area contributed by atoms with Gasteiger partial charge in [0.1, 0.15) is 0 Å². The Hall–Kier alpha value is -2.80. The summed E-state index contributed by atoms with van der Waals surface area (Å²) in [6, 6.07) is 3.80. The largest absolute Gasteiger partial charge is 0.359 e. The number of nitrogens with zero attached hydrogens (tertiary/aromatic N) is 4. The van der Waals surface area contributed by atoms with Gasteiger partial charge < -0.3 is 9.88 Å². The Bertz CT molecular complexity index is 958. The summed E-state index contributed by atoms with van der Waals surface area (Å²) in [4.78, 5) is 31.3. The predicted octanol–water partition coefficient (Wildman–Crippen LogP) is 3.33. The van der Waals surface area contributed by atoms with Crippen LogP contribution in [-0.4, -0.2) is 50.4 Å². The number of nitrogens with one attached hydrogen (secondary N) is 2. The summed E-state index contributed by atoms with van der Waals surface area (Å²) >= 11 is 0. The van der Waals surface area contributed by atoms with Gasteiger partial charge in [-0.2, -0.15) is 0 Å². The van der Waals surface area contributed by atoms with E-state index in [0.29, 0.717) is 11.9 Å². The van der Waals surface area contributed by atoms with Gasteiger partial charge in [-0.1, -0.05) is 13.8 Å². The zero-order valence-electron chi connectivity index (χ0n) is 16.4. The number of piperidine rings is 1. The smallest absolute Gasteiger partial charge is 0.229 e. The molecule has 1 saturated heterocycles. The zero-order chi connectivity index (χ0) is 19.5. The first kappa shape index (κ1) is 18.6. The van der Waals surface area contributed by atoms with Crippen molar-refractivity contribution < 1.29 is 4.79 Å². The van der Waals surface area contributed by atoms with Crippen molar-refractivity contribution in [3.63, 3.8) is 0 Å². The van der Waals surface area contributed by atoms with Crippen LogP contribution < -0.4 is 5.32 Å². The fourth-order valence-electron chi connectivity index (χ4n) is 3.86. The van der Waals surface area contributed by atoms with Gasteiger partial charge in [-0.25, -0.2) is 9.97 Å². The van der Waals surface area contributed by atoms with Crippen LogP contribution in [0.3, 0.4) is 0 Å². The molecule has 1 amide bonds. The number of fused-ring (bicyclic) bond motifs is 1. The summed E-state index contributed by atoms with van der Waals surface area (Å²) in [5.41, 5.74) is 2.70. The first-order valence-corrected chi connectivity index (χ1v) is 9.88. The van der Waals surface area contributed by atoms with Crippen LogP contribution in [0.4, 0.5) is 5.95 Å². The Morgan fingerprint density at radius 2 is 2.11 bits per heavy atom. The Morgan fingerprint density at radius 3 is 2.89 bits per heavy atom. The summed E-state index contributed by atoms with van der Waals surface area (Å²) in [5.74, 6) is 1.05. The lowest BCUT2D eigenvalue weighted by Gasteiger charge is -2.32. The third kappa shape index (κ3) is 4.04. The second-order valence-electron chi connectivity index (χ2n) is 7.85. The number of carbonyl (C=O) groups is 1. The number of H-pyrrole nitrogens is 1. The summed E-state index contributed by atoms with van der Waals surface area (Å²) in [7, 11) is 0. The lowest BCUT2D eigenvalue weighted by Crippen LogP contribution is -2.39. The molecule has 4 rings (SSSR count). The molecular formula is C21H26N6O. The first-order chi connectivity index (χ1) is 13.6. The van der Waals surface area contributed by atoms with Gasteiger partial charge in [0, 0.05) is 42.0 Å². The topological polar surface area (TPSA) is 86.8 Å². The van der Waals surface area contributed by atoms with Crippen molar-refractivity contribution in [2.45, 2.75) is 26.7 Å². The van der Waals surface area contributed by atoms with Gasteiger partial charge >= 0.3 is 0 Å². The maximum Gasteiger partial charge on any atom is 0.229 e. The van der Waals surface area contributed by atoms with E-state index in [1.165, 1.54) is 0 Å². The van der Waals surface area contributed by atoms with E-state index < -0.39 is 0 Å². The van der Waals surface area contributed by atoms with E-state index in [4.69, 9.17) is 0 Å². The van der Waals surface area contributed by atoms with Crippen molar-refractivity contribution in [1.29, 1.82) is 0 Å². The summed E-state index contributed by atoms with van der Waals surface area (Å²) in [5, 5.41) is 3.96. The lowest BCUT2D eigenvalue weighted by atomic mass is 9.95. The minimum Gasteiger partial charge on any atom is -0.359 e. The number of carbonyl (C=O) groups excluding carboxylic acids is 1. The van der Waals surface area contributed by atoms with E-state index in [-0.39, 0.29) is 11.8 Å². The van der Waals surface area contributed by atoms with Crippen molar-refractivity contribution >= 4 is 22.8 Å². The van der Waals surface area contributed by atoms with E-state index in [2.05, 4.69) is 44.0 Å². The Balaban J connectivity index is 1.43. The highest BCUT2D eigenvalue weighted by atomic mass is 16.2. The van der Waals surface area contributed by atoms with E-state index >= 15 is 0 Å². The van der Waals surface area contributed by atoms with Crippen molar-refractivity contribution in [2.24, 2.45) is 11.8 Å². The van der Waals surface area contributed by atoms with Gasteiger partial charge in [0.05, 0.1) is 17.4 Å². The fourth-order valence-corrected chi connectivity index (χ4v) is 3.86. The van der Waals surface area contributed by atoms with Crippen molar-refractivity contribution in [1.82, 2.24) is 24.8 Å². The zero-order valence-corrected chi connectivity index (χ0v) is 16.4. The van der Waals surface area contributed by atoms with Crippen LogP contribution in [0.1, 0.15) is 26.7 Å². The summed E-state index contributed by atoms with van der Waals surface area (Å²) in [6.45, 7) is 7.50. The van der Waals surface area contributed by atoms with Crippen LogP contribution in [-0.2, 0) is 4.79 Å². The summed E-state index contributed by atoms with van der Waals surface area (Å²) in [6.07, 6.45) is 8.90. The molecule has 7 heteroatoms. The average Bonchev–Trinajstić information content (AvgIpc) is 3.12. The molecule has 0 unspecified atom stereocenters. The molecule has 0 spiro atoms. The molecule has 3 aromatic rings. The number of likely N-dealkylation sites (tertiary alicyclic amines) is 1. The second kappa shape index (κ2) is 8.06. The Morgan fingerprint density at radius 1 is 1.29 bits per heavy atom. The Kier molecular flexibility index (Phi) is 5.34. The molecular weight excluding hydrogens is 352 g/mol. The third-order valence-electron chi connectivity index (χ3n) is 5.23. The maximum absolute atomic E-state index is 12.7. The van der Waals surface area contributed by atoms with Gasteiger partial charge in [-0.3, -0.25) is 15.1 Å². The van der Waals surface area contributed by atoms with Crippen molar-refractivity contribution in [3.8, 4) is 11.3 Å². The molecule has 1 fully saturated rings. The summed E-state index contributed by atoms with van der Waals surface area (Å²) < 4.78 is 0. The Labute approximate surface area is 164 Å². The molecule has 0 aromatic carbocycles. The monoisotopic (exact) mass is 378 g/mol. The number of aromatic amines is 1. The molecule has 7 nitrogen and oxygen atoms in total. The molecule has 0 radical (unpaired) electrons. The van der Waals surface area contributed by atoms with Gasteiger partial charge in [0.15, 0.2) is 0 Å². The van der Waals surface area contributed by atoms with Crippen LogP contribution in [0.25, 0.3) is 22.2 Å². The number of aromatic nitrogens is 4. The number of pyridine rings is 1. The quantitative estimate of drug-likeness (QED) is 0.711. The van der Waals surface area contributed by atoms with E-state index in [9.17, 15) is 4.79 Å². The molecule has 3 aromatic heterocycles. The van der Waals surface area contributed by atoms with Crippen molar-refractivity contribution in [3.05, 3.63) is 36.9 Å². The highest BCUT2D eigenvalue weighted by Crippen LogP contribution is 2.27. The minimum atomic E-state index is 0.0180. The minimum absolute atomic E-state index is 0.0180. The van der Waals surface area contributed by atoms with Crippen LogP contribution in [0.2, 0.25) is 0 Å². The van der Waals surface area contributed by atoms with E-state index in [1.807, 2.05) is 18.3 Å². The number of anilines is 1. The average molecular weight is 378 g/mol. The van der Waals surface area contributed by atoms with Gasteiger partial charge in [0.2, 0.25) is 11.9 Å². The lowest BCUT2D eigenvalue weighted by molar-refractivity contribution is -0.121. The van der Waals surface area contributed by atoms with Gasteiger partial charge in [-0.05, 0) is 44.0 Å². The SMILES string of the molecule is CC(C)CN1CCC(C(=O)Nc2nccc(-c3c[nH]c4cnccc34)n2)CC1. The van der Waals surface area contributed by atoms with Crippen LogP contribution in [0.5, 0.6) is 0 Å². The molecule has 0 saturated carbocycles. The van der Waals surface area contributed by atoms with E-state index in [1.54, 1.807) is 18.6 Å². The molecule has 4 heterocycles. The standard InChI is InChI=1S/C21H26N6O/c1-14(2)13-27-9-5-15(6-10-27)20(28)26-21-23-8-4-18(25-21)17-11-24-19-12-22-7-3-16(17)19/h3-4,7-8,11-12,14-15,24H,5-6,9-10,13H2,1-2H3,(H,23,25,26,28). The highest BCUT2D eigenvalue weighted by molar-refractivity contribution is 5.95. The van der Waals surface area contributed by atoms with Crippen LogP contribution >= 0.6 is 0 Å². The molecule has 1 aliphatic rings. The maximum atomic E-state index is 12.7. The number of amides is 1. The molecule has 28 heavy (non-hydrogen) atoms. The fraction of sp³-hybridized carbons (Fsp3) is 0.429. The molecule has 0 atom stereocenters. The number of hydrogen-bond acceptors (Lipinski definition) is 5. The third-order valence-corrected chi connectivity index (χ3v) is 5.23. The van der Waals surface area contributed by atoms with Crippen LogP contribution in [0.15, 0.2) is 36.9 Å². The van der Waals surface area contributed by atoms with Gasteiger partial charge in [-0.15, -0.1) is 0 Å². The molecule has 2 N–H and O–H groups in total. The number of hydrogen-bond donors (Lipinski definition) is 2. The second-order valence-corrected chi connectivity index (χ2v) is 7.85. The van der Waals surface area contributed by atoms with E-state index in [0.717, 1.165) is 54.6 Å². The first-order valence-electron chi connectivity index (χ1n) is 9.88.